The van der Waals surface area contributed by atoms with Gasteiger partial charge in [-0.3, -0.25) is 10.1 Å². The van der Waals surface area contributed by atoms with Crippen molar-refractivity contribution >= 4 is 11.6 Å². The number of nitro groups is 1. The molecule has 0 aliphatic carbocycles. The molecule has 1 unspecified atom stereocenters. The molecule has 0 aliphatic rings. The third-order valence-corrected chi connectivity index (χ3v) is 2.07. The molecule has 1 aromatic rings. The van der Waals surface area contributed by atoms with Gasteiger partial charge in [0.2, 0.25) is 0 Å². The van der Waals surface area contributed by atoms with Crippen LogP contribution in [-0.2, 0) is 0 Å². The number of rotatable bonds is 4. The number of halogens is 2. The van der Waals surface area contributed by atoms with E-state index in [4.69, 9.17) is 11.6 Å². The van der Waals surface area contributed by atoms with Gasteiger partial charge in [0.05, 0.1) is 4.92 Å². The third-order valence-electron chi connectivity index (χ3n) is 1.85. The van der Waals surface area contributed by atoms with Crippen molar-refractivity contribution in [2.75, 3.05) is 7.05 Å². The lowest BCUT2D eigenvalue weighted by atomic mass is 10.1. The molecule has 1 N–H and O–H groups in total. The van der Waals surface area contributed by atoms with Crippen molar-refractivity contribution < 1.29 is 9.31 Å². The van der Waals surface area contributed by atoms with Gasteiger partial charge < -0.3 is 5.32 Å². The van der Waals surface area contributed by atoms with Crippen LogP contribution >= 0.6 is 11.6 Å². The predicted molar refractivity (Wildman–Crippen MR) is 57.2 cm³/mol. The summed E-state index contributed by atoms with van der Waals surface area (Å²) >= 11 is 5.54. The second-order valence-electron chi connectivity index (χ2n) is 2.90. The van der Waals surface area contributed by atoms with E-state index in [-0.39, 0.29) is 16.4 Å². The molecular weight excluding hydrogens is 237 g/mol. The molecule has 0 saturated carbocycles. The summed E-state index contributed by atoms with van der Waals surface area (Å²) in [5.74, 6) is 0. The first kappa shape index (κ1) is 12.4. The van der Waals surface area contributed by atoms with E-state index in [1.807, 2.05) is 0 Å². The SMILES string of the molecule is CN/C(=C/[N+](=O)[O-])C(F)c1ccc(Cl)nc1. The van der Waals surface area contributed by atoms with Crippen LogP contribution in [0, 0.1) is 10.1 Å². The van der Waals surface area contributed by atoms with E-state index in [2.05, 4.69) is 10.3 Å². The average molecular weight is 246 g/mol. The van der Waals surface area contributed by atoms with Crippen LogP contribution in [0.3, 0.4) is 0 Å². The fourth-order valence-electron chi connectivity index (χ4n) is 1.09. The van der Waals surface area contributed by atoms with Gasteiger partial charge in [0.25, 0.3) is 6.20 Å². The number of allylic oxidation sites excluding steroid dienone is 1. The Hall–Kier alpha value is -1.69. The molecule has 0 aromatic carbocycles. The largest absolute Gasteiger partial charge is 0.384 e. The summed E-state index contributed by atoms with van der Waals surface area (Å²) in [5.41, 5.74) is 0.0565. The van der Waals surface area contributed by atoms with E-state index in [1.54, 1.807) is 0 Å². The Morgan fingerprint density at radius 2 is 2.44 bits per heavy atom. The van der Waals surface area contributed by atoms with Crippen LogP contribution < -0.4 is 5.32 Å². The Balaban J connectivity index is 2.95. The maximum atomic E-state index is 13.8. The number of alkyl halides is 1. The van der Waals surface area contributed by atoms with Crippen LogP contribution in [0.1, 0.15) is 11.7 Å². The van der Waals surface area contributed by atoms with E-state index < -0.39 is 11.1 Å². The highest BCUT2D eigenvalue weighted by molar-refractivity contribution is 6.29. The number of nitrogens with one attached hydrogen (secondary N) is 1. The van der Waals surface area contributed by atoms with Crippen molar-refractivity contribution in [2.45, 2.75) is 6.17 Å². The van der Waals surface area contributed by atoms with E-state index in [1.165, 1.54) is 25.4 Å². The topological polar surface area (TPSA) is 68.1 Å². The summed E-state index contributed by atoms with van der Waals surface area (Å²) in [6, 6.07) is 2.84. The van der Waals surface area contributed by atoms with Crippen molar-refractivity contribution in [2.24, 2.45) is 0 Å². The first-order chi connectivity index (χ1) is 7.54. The monoisotopic (exact) mass is 245 g/mol. The van der Waals surface area contributed by atoms with Crippen LogP contribution in [0.2, 0.25) is 5.15 Å². The summed E-state index contributed by atoms with van der Waals surface area (Å²) in [6.45, 7) is 0. The van der Waals surface area contributed by atoms with Crippen LogP contribution in [0.25, 0.3) is 0 Å². The number of pyridine rings is 1. The summed E-state index contributed by atoms with van der Waals surface area (Å²) in [5, 5.41) is 12.9. The minimum Gasteiger partial charge on any atom is -0.384 e. The quantitative estimate of drug-likeness (QED) is 0.501. The molecule has 16 heavy (non-hydrogen) atoms. The molecule has 1 rings (SSSR count). The number of likely N-dealkylation sites (N-methyl/N-ethyl adjacent to an activating group) is 1. The number of hydrogen-bond donors (Lipinski definition) is 1. The van der Waals surface area contributed by atoms with Crippen LogP contribution in [0.15, 0.2) is 30.2 Å². The van der Waals surface area contributed by atoms with Crippen LogP contribution in [-0.4, -0.2) is 17.0 Å². The van der Waals surface area contributed by atoms with Crippen LogP contribution in [0.5, 0.6) is 0 Å². The lowest BCUT2D eigenvalue weighted by molar-refractivity contribution is -0.404. The Morgan fingerprint density at radius 3 is 2.88 bits per heavy atom. The molecule has 0 amide bonds. The van der Waals surface area contributed by atoms with Gasteiger partial charge in [0, 0.05) is 18.8 Å². The Labute approximate surface area is 96.1 Å². The zero-order valence-corrected chi connectivity index (χ0v) is 9.11. The van der Waals surface area contributed by atoms with Gasteiger partial charge in [-0.1, -0.05) is 17.7 Å². The maximum absolute atomic E-state index is 13.8. The zero-order valence-electron chi connectivity index (χ0n) is 8.35. The van der Waals surface area contributed by atoms with Crippen molar-refractivity contribution in [3.8, 4) is 0 Å². The van der Waals surface area contributed by atoms with Gasteiger partial charge in [0.1, 0.15) is 10.9 Å². The Kier molecular flexibility index (Phi) is 4.19. The smallest absolute Gasteiger partial charge is 0.256 e. The van der Waals surface area contributed by atoms with Crippen molar-refractivity contribution in [1.82, 2.24) is 10.3 Å². The number of nitrogens with zero attached hydrogens (tertiary/aromatic N) is 2. The minimum absolute atomic E-state index is 0.144. The fraction of sp³-hybridized carbons (Fsp3) is 0.222. The minimum atomic E-state index is -1.62. The molecule has 0 bridgehead atoms. The molecule has 86 valence electrons. The molecule has 0 saturated heterocycles. The molecule has 1 heterocycles. The Morgan fingerprint density at radius 1 is 1.75 bits per heavy atom. The first-order valence-electron chi connectivity index (χ1n) is 4.33. The molecule has 0 aliphatic heterocycles. The summed E-state index contributed by atoms with van der Waals surface area (Å²) in [6.07, 6.45) is 0.192. The zero-order chi connectivity index (χ0) is 12.1. The number of hydrogen-bond acceptors (Lipinski definition) is 4. The van der Waals surface area contributed by atoms with Gasteiger partial charge in [-0.25, -0.2) is 9.37 Å². The van der Waals surface area contributed by atoms with Gasteiger partial charge in [-0.05, 0) is 6.07 Å². The van der Waals surface area contributed by atoms with E-state index in [9.17, 15) is 14.5 Å². The molecular formula is C9H9ClFN3O2. The number of aromatic nitrogens is 1. The standard InChI is InChI=1S/C9H9ClFN3O2/c1-12-7(5-14(15)16)9(11)6-2-3-8(10)13-4-6/h2-5,9,12H,1H3/b7-5+. The molecule has 0 fully saturated rings. The lowest BCUT2D eigenvalue weighted by Crippen LogP contribution is -2.13. The van der Waals surface area contributed by atoms with E-state index in [0.717, 1.165) is 0 Å². The first-order valence-corrected chi connectivity index (χ1v) is 4.71. The third kappa shape index (κ3) is 3.16. The second kappa shape index (κ2) is 5.41. The predicted octanol–water partition coefficient (Wildman–Crippen LogP) is 2.08. The highest BCUT2D eigenvalue weighted by Crippen LogP contribution is 2.23. The summed E-state index contributed by atoms with van der Waals surface area (Å²) < 4.78 is 13.8. The maximum Gasteiger partial charge on any atom is 0.256 e. The molecule has 1 atom stereocenters. The van der Waals surface area contributed by atoms with Crippen molar-refractivity contribution in [1.29, 1.82) is 0 Å². The van der Waals surface area contributed by atoms with Crippen LogP contribution in [0.4, 0.5) is 4.39 Å². The van der Waals surface area contributed by atoms with Crippen molar-refractivity contribution in [3.63, 3.8) is 0 Å². The summed E-state index contributed by atoms with van der Waals surface area (Å²) in [7, 11) is 1.41. The fourth-order valence-corrected chi connectivity index (χ4v) is 1.20. The molecule has 0 spiro atoms. The van der Waals surface area contributed by atoms with Gasteiger partial charge >= 0.3 is 0 Å². The van der Waals surface area contributed by atoms with Crippen molar-refractivity contribution in [3.05, 3.63) is 51.1 Å². The molecule has 5 nitrogen and oxygen atoms in total. The lowest BCUT2D eigenvalue weighted by Gasteiger charge is -2.09. The molecule has 0 radical (unpaired) electrons. The normalized spacial score (nSPS) is 13.3. The van der Waals surface area contributed by atoms with E-state index in [0.29, 0.717) is 6.20 Å². The summed E-state index contributed by atoms with van der Waals surface area (Å²) in [4.78, 5) is 13.2. The van der Waals surface area contributed by atoms with Gasteiger partial charge in [-0.15, -0.1) is 0 Å². The Bertz CT molecular complexity index is 408. The highest BCUT2D eigenvalue weighted by atomic mass is 35.5. The highest BCUT2D eigenvalue weighted by Gasteiger charge is 2.18. The molecule has 1 aromatic heterocycles. The molecule has 7 heteroatoms. The second-order valence-corrected chi connectivity index (χ2v) is 3.28. The van der Waals surface area contributed by atoms with E-state index >= 15 is 0 Å². The van der Waals surface area contributed by atoms with Gasteiger partial charge in [-0.2, -0.15) is 0 Å². The van der Waals surface area contributed by atoms with Gasteiger partial charge in [0.15, 0.2) is 6.17 Å². The average Bonchev–Trinajstić information content (AvgIpc) is 2.25.